The van der Waals surface area contributed by atoms with Gasteiger partial charge in [0.15, 0.2) is 0 Å². The Balaban J connectivity index is 2.37. The highest BCUT2D eigenvalue weighted by Crippen LogP contribution is 2.55. The Hall–Kier alpha value is -0.330. The molecular formula is C9H14O. The van der Waals surface area contributed by atoms with E-state index in [1.165, 1.54) is 6.42 Å². The van der Waals surface area contributed by atoms with E-state index >= 15 is 0 Å². The van der Waals surface area contributed by atoms with Gasteiger partial charge in [-0.05, 0) is 24.7 Å². The van der Waals surface area contributed by atoms with E-state index in [9.17, 15) is 4.79 Å². The van der Waals surface area contributed by atoms with Gasteiger partial charge in [0, 0.05) is 11.8 Å². The summed E-state index contributed by atoms with van der Waals surface area (Å²) in [5, 5.41) is 0. The van der Waals surface area contributed by atoms with Gasteiger partial charge in [0.2, 0.25) is 0 Å². The third-order valence-corrected chi connectivity index (χ3v) is 3.83. The zero-order valence-corrected chi connectivity index (χ0v) is 6.68. The lowest BCUT2D eigenvalue weighted by Gasteiger charge is -2.21. The standard InChI is InChI=1S/C9H14O/c1-6-7-3-4-9(6,2)8(10)5-7/h6-7H,3-5H2,1-2H3. The van der Waals surface area contributed by atoms with Crippen molar-refractivity contribution in [2.75, 3.05) is 0 Å². The lowest BCUT2D eigenvalue weighted by molar-refractivity contribution is -0.126. The monoisotopic (exact) mass is 138 g/mol. The quantitative estimate of drug-likeness (QED) is 0.500. The first-order valence-corrected chi connectivity index (χ1v) is 4.18. The molecule has 56 valence electrons. The molecule has 0 radical (unpaired) electrons. The lowest BCUT2D eigenvalue weighted by Crippen LogP contribution is -2.24. The minimum atomic E-state index is 0.0880. The fourth-order valence-electron chi connectivity index (χ4n) is 2.63. The third kappa shape index (κ3) is 0.518. The van der Waals surface area contributed by atoms with E-state index in [0.29, 0.717) is 11.7 Å². The molecule has 0 amide bonds. The Bertz CT molecular complexity index is 185. The van der Waals surface area contributed by atoms with E-state index in [1.54, 1.807) is 0 Å². The van der Waals surface area contributed by atoms with Crippen LogP contribution in [0.5, 0.6) is 0 Å². The molecule has 10 heavy (non-hydrogen) atoms. The zero-order valence-electron chi connectivity index (χ0n) is 6.68. The largest absolute Gasteiger partial charge is 0.299 e. The molecule has 2 aliphatic rings. The molecule has 0 aromatic heterocycles. The first-order chi connectivity index (χ1) is 4.64. The van der Waals surface area contributed by atoms with E-state index in [-0.39, 0.29) is 5.41 Å². The Labute approximate surface area is 61.8 Å². The first-order valence-electron chi connectivity index (χ1n) is 4.18. The summed E-state index contributed by atoms with van der Waals surface area (Å²) >= 11 is 0. The number of Topliss-reactive ketones (excluding diaryl/α,β-unsaturated/α-hetero) is 1. The summed E-state index contributed by atoms with van der Waals surface area (Å²) < 4.78 is 0. The zero-order chi connectivity index (χ0) is 7.35. The van der Waals surface area contributed by atoms with Gasteiger partial charge in [-0.15, -0.1) is 0 Å². The van der Waals surface area contributed by atoms with Crippen molar-refractivity contribution in [1.82, 2.24) is 0 Å². The molecule has 0 aromatic carbocycles. The van der Waals surface area contributed by atoms with E-state index in [4.69, 9.17) is 0 Å². The molecule has 1 heteroatoms. The van der Waals surface area contributed by atoms with Crippen molar-refractivity contribution in [3.05, 3.63) is 0 Å². The van der Waals surface area contributed by atoms with Crippen molar-refractivity contribution in [2.45, 2.75) is 33.1 Å². The van der Waals surface area contributed by atoms with Crippen LogP contribution in [0, 0.1) is 17.3 Å². The lowest BCUT2D eigenvalue weighted by atomic mass is 9.81. The van der Waals surface area contributed by atoms with Crippen LogP contribution in [0.4, 0.5) is 0 Å². The highest BCUT2D eigenvalue weighted by Gasteiger charge is 2.53. The molecular weight excluding hydrogens is 124 g/mol. The topological polar surface area (TPSA) is 17.1 Å². The number of hydrogen-bond donors (Lipinski definition) is 0. The van der Waals surface area contributed by atoms with Crippen molar-refractivity contribution in [3.8, 4) is 0 Å². The minimum Gasteiger partial charge on any atom is -0.299 e. The second-order valence-corrected chi connectivity index (χ2v) is 4.13. The number of rotatable bonds is 0. The summed E-state index contributed by atoms with van der Waals surface area (Å²) in [5.41, 5.74) is 0.0880. The SMILES string of the molecule is CC1C2CCC1(C)C(=O)C2. The summed E-state index contributed by atoms with van der Waals surface area (Å²) in [4.78, 5) is 11.4. The summed E-state index contributed by atoms with van der Waals surface area (Å²) in [6, 6.07) is 0. The van der Waals surface area contributed by atoms with Gasteiger partial charge in [0.05, 0.1) is 0 Å². The summed E-state index contributed by atoms with van der Waals surface area (Å²) in [6.07, 6.45) is 3.32. The van der Waals surface area contributed by atoms with Gasteiger partial charge in [0.1, 0.15) is 5.78 Å². The van der Waals surface area contributed by atoms with Gasteiger partial charge in [-0.2, -0.15) is 0 Å². The number of hydrogen-bond acceptors (Lipinski definition) is 1. The maximum atomic E-state index is 11.4. The fourth-order valence-corrected chi connectivity index (χ4v) is 2.63. The molecule has 2 bridgehead atoms. The Kier molecular flexibility index (Phi) is 1.04. The highest BCUT2D eigenvalue weighted by molar-refractivity contribution is 5.88. The summed E-state index contributed by atoms with van der Waals surface area (Å²) in [6.45, 7) is 4.38. The maximum Gasteiger partial charge on any atom is 0.139 e. The van der Waals surface area contributed by atoms with Gasteiger partial charge >= 0.3 is 0 Å². The smallest absolute Gasteiger partial charge is 0.139 e. The average Bonchev–Trinajstić information content (AvgIpc) is 2.25. The molecule has 3 atom stereocenters. The van der Waals surface area contributed by atoms with E-state index in [1.807, 2.05) is 0 Å². The van der Waals surface area contributed by atoms with Gasteiger partial charge in [0.25, 0.3) is 0 Å². The first kappa shape index (κ1) is 6.38. The van der Waals surface area contributed by atoms with Crippen LogP contribution in [0.2, 0.25) is 0 Å². The van der Waals surface area contributed by atoms with E-state index in [2.05, 4.69) is 13.8 Å². The van der Waals surface area contributed by atoms with Gasteiger partial charge in [-0.3, -0.25) is 4.79 Å². The Morgan fingerprint density at radius 3 is 2.50 bits per heavy atom. The van der Waals surface area contributed by atoms with Crippen LogP contribution < -0.4 is 0 Å². The van der Waals surface area contributed by atoms with Crippen LogP contribution in [-0.4, -0.2) is 5.78 Å². The van der Waals surface area contributed by atoms with Crippen molar-refractivity contribution < 1.29 is 4.79 Å². The average molecular weight is 138 g/mol. The van der Waals surface area contributed by atoms with E-state index in [0.717, 1.165) is 18.8 Å². The molecule has 2 saturated carbocycles. The van der Waals surface area contributed by atoms with Crippen LogP contribution in [0.25, 0.3) is 0 Å². The Morgan fingerprint density at radius 2 is 2.30 bits per heavy atom. The molecule has 0 heterocycles. The van der Waals surface area contributed by atoms with Crippen LogP contribution in [0.15, 0.2) is 0 Å². The fraction of sp³-hybridized carbons (Fsp3) is 0.889. The summed E-state index contributed by atoms with van der Waals surface area (Å²) in [5.74, 6) is 1.92. The molecule has 1 nitrogen and oxygen atoms in total. The number of ketones is 1. The third-order valence-electron chi connectivity index (χ3n) is 3.83. The Morgan fingerprint density at radius 1 is 1.60 bits per heavy atom. The second kappa shape index (κ2) is 1.63. The molecule has 0 aliphatic heterocycles. The predicted molar refractivity (Wildman–Crippen MR) is 39.6 cm³/mol. The molecule has 0 spiro atoms. The van der Waals surface area contributed by atoms with Crippen LogP contribution >= 0.6 is 0 Å². The molecule has 0 N–H and O–H groups in total. The number of carbonyl (C=O) groups excluding carboxylic acids is 1. The van der Waals surface area contributed by atoms with Crippen LogP contribution in [-0.2, 0) is 4.79 Å². The normalized spacial score (nSPS) is 52.4. The van der Waals surface area contributed by atoms with Crippen molar-refractivity contribution >= 4 is 5.78 Å². The van der Waals surface area contributed by atoms with Gasteiger partial charge in [-0.25, -0.2) is 0 Å². The predicted octanol–water partition coefficient (Wildman–Crippen LogP) is 2.01. The molecule has 0 saturated heterocycles. The number of fused-ring (bicyclic) bond motifs is 2. The molecule has 2 fully saturated rings. The molecule has 3 unspecified atom stereocenters. The van der Waals surface area contributed by atoms with Gasteiger partial charge in [-0.1, -0.05) is 13.8 Å². The maximum absolute atomic E-state index is 11.4. The highest BCUT2D eigenvalue weighted by atomic mass is 16.1. The van der Waals surface area contributed by atoms with Crippen molar-refractivity contribution in [3.63, 3.8) is 0 Å². The molecule has 0 aromatic rings. The summed E-state index contributed by atoms with van der Waals surface area (Å²) in [7, 11) is 0. The number of carbonyl (C=O) groups is 1. The van der Waals surface area contributed by atoms with Crippen molar-refractivity contribution in [1.29, 1.82) is 0 Å². The van der Waals surface area contributed by atoms with Crippen molar-refractivity contribution in [2.24, 2.45) is 17.3 Å². The molecule has 2 rings (SSSR count). The van der Waals surface area contributed by atoms with Crippen LogP contribution in [0.3, 0.4) is 0 Å². The molecule has 2 aliphatic carbocycles. The van der Waals surface area contributed by atoms with E-state index < -0.39 is 0 Å². The van der Waals surface area contributed by atoms with Crippen LogP contribution in [0.1, 0.15) is 33.1 Å². The minimum absolute atomic E-state index is 0.0880. The second-order valence-electron chi connectivity index (χ2n) is 4.13. The van der Waals surface area contributed by atoms with Gasteiger partial charge < -0.3 is 0 Å².